The van der Waals surface area contributed by atoms with E-state index in [0.717, 1.165) is 5.71 Å². The van der Waals surface area contributed by atoms with Crippen LogP contribution in [-0.2, 0) is 11.8 Å². The lowest BCUT2D eigenvalue weighted by molar-refractivity contribution is -0.132. The van der Waals surface area contributed by atoms with Gasteiger partial charge in [-0.25, -0.2) is 9.38 Å². The number of ether oxygens (including phenoxy) is 1. The number of nitrogens with zero attached hydrogens (tertiary/aromatic N) is 3. The van der Waals surface area contributed by atoms with Gasteiger partial charge in [-0.2, -0.15) is 0 Å². The number of rotatable bonds is 7. The summed E-state index contributed by atoms with van der Waals surface area (Å²) in [6.07, 6.45) is 4.90. The topological polar surface area (TPSA) is 81.0 Å². The molecule has 174 valence electrons. The Morgan fingerprint density at radius 2 is 1.97 bits per heavy atom. The van der Waals surface area contributed by atoms with Crippen LogP contribution < -0.4 is 4.74 Å². The van der Waals surface area contributed by atoms with Crippen molar-refractivity contribution in [3.63, 3.8) is 0 Å². The Labute approximate surface area is 192 Å². The number of hydrogen-bond donors (Lipinski definition) is 0. The number of amides is 1. The quantitative estimate of drug-likeness (QED) is 0.591. The van der Waals surface area contributed by atoms with Gasteiger partial charge in [-0.15, -0.1) is 0 Å². The number of aryl methyl sites for hydroxylation is 1. The molecule has 0 aliphatic carbocycles. The monoisotopic (exact) mass is 453 g/mol. The van der Waals surface area contributed by atoms with E-state index in [-0.39, 0.29) is 29.1 Å². The molecule has 2 aromatic rings. The molecule has 8 heteroatoms. The summed E-state index contributed by atoms with van der Waals surface area (Å²) in [6.45, 7) is 1.03. The zero-order valence-electron chi connectivity index (χ0n) is 19.0. The molecule has 0 bridgehead atoms. The van der Waals surface area contributed by atoms with Crippen molar-refractivity contribution < 1.29 is 23.5 Å². The first kappa shape index (κ1) is 22.9. The normalized spacial score (nSPS) is 16.4. The first-order valence-corrected chi connectivity index (χ1v) is 11.3. The molecule has 1 aromatic carbocycles. The molecule has 0 spiro atoms. The van der Waals surface area contributed by atoms with Gasteiger partial charge in [-0.1, -0.05) is 0 Å². The summed E-state index contributed by atoms with van der Waals surface area (Å²) in [7, 11) is 3.25. The van der Waals surface area contributed by atoms with Gasteiger partial charge >= 0.3 is 0 Å². The Bertz CT molecular complexity index is 1110. The molecule has 7 nitrogen and oxygen atoms in total. The standard InChI is InChI=1S/C25H28FN3O4/c1-28-11-10-19-21(30)15-18(27-25(19)28)4-3-5-23(31)29-12-8-16(9-13-29)24(32)17-6-7-22(33-2)20(26)14-17/h6-7,10-11,14,16H,3-5,8-9,12-13,15H2,1-2H3. The summed E-state index contributed by atoms with van der Waals surface area (Å²) < 4.78 is 20.7. The number of ketones is 2. The van der Waals surface area contributed by atoms with Crippen LogP contribution in [0.15, 0.2) is 35.5 Å². The molecule has 2 aliphatic heterocycles. The lowest BCUT2D eigenvalue weighted by Gasteiger charge is -2.31. The van der Waals surface area contributed by atoms with Crippen molar-refractivity contribution in [2.45, 2.75) is 38.5 Å². The molecular weight excluding hydrogens is 425 g/mol. The number of carbonyl (C=O) groups is 3. The molecule has 1 aromatic heterocycles. The molecule has 33 heavy (non-hydrogen) atoms. The summed E-state index contributed by atoms with van der Waals surface area (Å²) in [4.78, 5) is 44.0. The highest BCUT2D eigenvalue weighted by atomic mass is 19.1. The predicted octanol–water partition coefficient (Wildman–Crippen LogP) is 4.12. The van der Waals surface area contributed by atoms with Crippen LogP contribution in [0, 0.1) is 11.7 Å². The van der Waals surface area contributed by atoms with E-state index in [0.29, 0.717) is 68.6 Å². The number of aliphatic imine (C=N–C) groups is 1. The molecule has 1 fully saturated rings. The highest BCUT2D eigenvalue weighted by Crippen LogP contribution is 2.28. The van der Waals surface area contributed by atoms with Crippen molar-refractivity contribution in [2.24, 2.45) is 18.0 Å². The number of likely N-dealkylation sites (tertiary alicyclic amines) is 1. The van der Waals surface area contributed by atoms with Crippen molar-refractivity contribution in [3.8, 4) is 5.75 Å². The number of Topliss-reactive ketones (excluding diaryl/α,β-unsaturated/α-hetero) is 2. The van der Waals surface area contributed by atoms with E-state index in [1.807, 2.05) is 17.8 Å². The van der Waals surface area contributed by atoms with Crippen LogP contribution in [0.4, 0.5) is 10.2 Å². The summed E-state index contributed by atoms with van der Waals surface area (Å²) >= 11 is 0. The second kappa shape index (κ2) is 9.68. The highest BCUT2D eigenvalue weighted by molar-refractivity contribution is 6.15. The first-order chi connectivity index (χ1) is 15.9. The van der Waals surface area contributed by atoms with Gasteiger partial charge in [0, 0.05) is 56.4 Å². The van der Waals surface area contributed by atoms with E-state index in [1.54, 1.807) is 17.0 Å². The van der Waals surface area contributed by atoms with Gasteiger partial charge in [0.1, 0.15) is 5.82 Å². The van der Waals surface area contributed by atoms with Crippen molar-refractivity contribution in [2.75, 3.05) is 20.2 Å². The van der Waals surface area contributed by atoms with Crippen LogP contribution >= 0.6 is 0 Å². The SMILES string of the molecule is COc1ccc(C(=O)C2CCN(C(=O)CCCC3=Nc4c(ccn4C)C(=O)C3)CC2)cc1F. The van der Waals surface area contributed by atoms with Crippen LogP contribution in [0.2, 0.25) is 0 Å². The van der Waals surface area contributed by atoms with Gasteiger partial charge in [-0.05, 0) is 49.9 Å². The Morgan fingerprint density at radius 3 is 2.67 bits per heavy atom. The van der Waals surface area contributed by atoms with Crippen molar-refractivity contribution in [1.29, 1.82) is 0 Å². The van der Waals surface area contributed by atoms with Crippen LogP contribution in [0.5, 0.6) is 5.75 Å². The van der Waals surface area contributed by atoms with E-state index in [9.17, 15) is 18.8 Å². The van der Waals surface area contributed by atoms with E-state index in [4.69, 9.17) is 4.74 Å². The average Bonchev–Trinajstić information content (AvgIpc) is 3.19. The van der Waals surface area contributed by atoms with Gasteiger partial charge in [0.05, 0.1) is 12.7 Å². The maximum absolute atomic E-state index is 13.9. The second-order valence-corrected chi connectivity index (χ2v) is 8.66. The minimum atomic E-state index is -0.552. The zero-order chi connectivity index (χ0) is 23.5. The second-order valence-electron chi connectivity index (χ2n) is 8.66. The smallest absolute Gasteiger partial charge is 0.222 e. The van der Waals surface area contributed by atoms with E-state index in [2.05, 4.69) is 4.99 Å². The third kappa shape index (κ3) is 4.89. The van der Waals surface area contributed by atoms with Crippen molar-refractivity contribution in [3.05, 3.63) is 47.4 Å². The number of piperidine rings is 1. The Hall–Kier alpha value is -3.29. The highest BCUT2D eigenvalue weighted by Gasteiger charge is 2.28. The number of benzene rings is 1. The van der Waals surface area contributed by atoms with Gasteiger partial charge in [-0.3, -0.25) is 14.4 Å². The lowest BCUT2D eigenvalue weighted by atomic mass is 9.88. The minimum Gasteiger partial charge on any atom is -0.494 e. The summed E-state index contributed by atoms with van der Waals surface area (Å²) in [5, 5.41) is 0. The molecular formula is C25H28FN3O4. The molecule has 3 heterocycles. The molecule has 0 N–H and O–H groups in total. The fourth-order valence-electron chi connectivity index (χ4n) is 4.54. The van der Waals surface area contributed by atoms with Gasteiger partial charge < -0.3 is 14.2 Å². The number of fused-ring (bicyclic) bond motifs is 1. The molecule has 0 saturated carbocycles. The van der Waals surface area contributed by atoms with Crippen molar-refractivity contribution >= 4 is 29.0 Å². The predicted molar refractivity (Wildman–Crippen MR) is 122 cm³/mol. The summed E-state index contributed by atoms with van der Waals surface area (Å²) in [6, 6.07) is 6.06. The third-order valence-electron chi connectivity index (χ3n) is 6.48. The zero-order valence-corrected chi connectivity index (χ0v) is 19.0. The minimum absolute atomic E-state index is 0.0543. The van der Waals surface area contributed by atoms with Gasteiger partial charge in [0.25, 0.3) is 0 Å². The van der Waals surface area contributed by atoms with Crippen LogP contribution in [0.1, 0.15) is 59.2 Å². The molecule has 2 aliphatic rings. The van der Waals surface area contributed by atoms with E-state index >= 15 is 0 Å². The number of halogens is 1. The van der Waals surface area contributed by atoms with Gasteiger partial charge in [0.2, 0.25) is 5.91 Å². The molecule has 0 radical (unpaired) electrons. The molecule has 1 amide bonds. The maximum atomic E-state index is 13.9. The average molecular weight is 454 g/mol. The van der Waals surface area contributed by atoms with E-state index < -0.39 is 5.82 Å². The van der Waals surface area contributed by atoms with Gasteiger partial charge in [0.15, 0.2) is 23.1 Å². The molecule has 0 unspecified atom stereocenters. The molecule has 4 rings (SSSR count). The van der Waals surface area contributed by atoms with Crippen LogP contribution in [0.3, 0.4) is 0 Å². The third-order valence-corrected chi connectivity index (χ3v) is 6.48. The number of hydrogen-bond acceptors (Lipinski definition) is 5. The molecule has 0 atom stereocenters. The van der Waals surface area contributed by atoms with Crippen LogP contribution in [-0.4, -0.2) is 52.9 Å². The fourth-order valence-corrected chi connectivity index (χ4v) is 4.54. The number of methoxy groups -OCH3 is 1. The first-order valence-electron chi connectivity index (χ1n) is 11.3. The summed E-state index contributed by atoms with van der Waals surface area (Å²) in [5.41, 5.74) is 1.81. The summed E-state index contributed by atoms with van der Waals surface area (Å²) in [5.74, 6) is 0.0657. The molecule has 1 saturated heterocycles. The van der Waals surface area contributed by atoms with E-state index in [1.165, 1.54) is 19.2 Å². The number of aromatic nitrogens is 1. The Kier molecular flexibility index (Phi) is 6.72. The maximum Gasteiger partial charge on any atom is 0.222 e. The van der Waals surface area contributed by atoms with Crippen LogP contribution in [0.25, 0.3) is 0 Å². The Balaban J connectivity index is 1.25. The fraction of sp³-hybridized carbons (Fsp3) is 0.440. The van der Waals surface area contributed by atoms with Crippen molar-refractivity contribution in [1.82, 2.24) is 9.47 Å². The lowest BCUT2D eigenvalue weighted by Crippen LogP contribution is -2.40. The largest absolute Gasteiger partial charge is 0.494 e. The Morgan fingerprint density at radius 1 is 1.21 bits per heavy atom. The number of carbonyl (C=O) groups excluding carboxylic acids is 3.